The number of ether oxygens (including phenoxy) is 1. The van der Waals surface area contributed by atoms with E-state index in [0.29, 0.717) is 12.0 Å². The van der Waals surface area contributed by atoms with E-state index in [1.54, 1.807) is 7.11 Å². The van der Waals surface area contributed by atoms with Gasteiger partial charge in [0.1, 0.15) is 0 Å². The molecule has 3 nitrogen and oxygen atoms in total. The third-order valence-corrected chi connectivity index (χ3v) is 3.53. The Kier molecular flexibility index (Phi) is 13.2. The molecule has 0 aliphatic heterocycles. The summed E-state index contributed by atoms with van der Waals surface area (Å²) in [5.41, 5.74) is 2.95. The highest BCUT2D eigenvalue weighted by atomic mass is 16.5. The van der Waals surface area contributed by atoms with Crippen molar-refractivity contribution in [2.45, 2.75) is 77.7 Å². The zero-order valence-electron chi connectivity index (χ0n) is 12.7. The van der Waals surface area contributed by atoms with Crippen LogP contribution in [0.5, 0.6) is 0 Å². The summed E-state index contributed by atoms with van der Waals surface area (Å²) < 4.78 is 5.16. The number of nitrogens with one attached hydrogen (secondary N) is 1. The minimum absolute atomic E-state index is 0.450. The van der Waals surface area contributed by atoms with Crippen LogP contribution in [0.4, 0.5) is 0 Å². The van der Waals surface area contributed by atoms with Crippen molar-refractivity contribution in [1.29, 1.82) is 0 Å². The summed E-state index contributed by atoms with van der Waals surface area (Å²) in [5, 5.41) is 0. The molecule has 0 bridgehead atoms. The predicted octanol–water partition coefficient (Wildman–Crippen LogP) is 3.63. The van der Waals surface area contributed by atoms with Gasteiger partial charge in [0.15, 0.2) is 0 Å². The van der Waals surface area contributed by atoms with Crippen LogP contribution in [-0.2, 0) is 4.74 Å². The van der Waals surface area contributed by atoms with Gasteiger partial charge in [0.25, 0.3) is 0 Å². The van der Waals surface area contributed by atoms with Gasteiger partial charge in [-0.3, -0.25) is 11.3 Å². The van der Waals surface area contributed by atoms with Gasteiger partial charge in [-0.2, -0.15) is 0 Å². The minimum atomic E-state index is 0.450. The standard InChI is InChI=1S/C15H34N2O/c1-4-5-6-7-8-9-10-11-15(17-16)12-14(2)13-18-3/h14-15,17H,4-13,16H2,1-3H3. The molecule has 3 heteroatoms. The molecule has 18 heavy (non-hydrogen) atoms. The van der Waals surface area contributed by atoms with Crippen LogP contribution in [-0.4, -0.2) is 19.8 Å². The van der Waals surface area contributed by atoms with Crippen molar-refractivity contribution in [2.24, 2.45) is 11.8 Å². The van der Waals surface area contributed by atoms with Gasteiger partial charge in [-0.25, -0.2) is 0 Å². The van der Waals surface area contributed by atoms with Gasteiger partial charge in [0, 0.05) is 19.8 Å². The van der Waals surface area contributed by atoms with Crippen molar-refractivity contribution < 1.29 is 4.74 Å². The lowest BCUT2D eigenvalue weighted by Gasteiger charge is -2.19. The SMILES string of the molecule is CCCCCCCCCC(CC(C)COC)NN. The zero-order chi connectivity index (χ0) is 13.6. The molecule has 0 fully saturated rings. The van der Waals surface area contributed by atoms with E-state index in [1.807, 2.05) is 0 Å². The van der Waals surface area contributed by atoms with E-state index in [2.05, 4.69) is 19.3 Å². The van der Waals surface area contributed by atoms with Crippen molar-refractivity contribution in [2.75, 3.05) is 13.7 Å². The Hall–Kier alpha value is -0.120. The summed E-state index contributed by atoms with van der Waals surface area (Å²) in [6.45, 7) is 5.31. The van der Waals surface area contributed by atoms with Gasteiger partial charge in [0.2, 0.25) is 0 Å². The highest BCUT2D eigenvalue weighted by Gasteiger charge is 2.11. The lowest BCUT2D eigenvalue weighted by Crippen LogP contribution is -2.36. The van der Waals surface area contributed by atoms with Crippen LogP contribution < -0.4 is 11.3 Å². The Balaban J connectivity index is 3.43. The second-order valence-electron chi connectivity index (χ2n) is 5.57. The molecular formula is C15H34N2O. The van der Waals surface area contributed by atoms with Crippen LogP contribution in [0.25, 0.3) is 0 Å². The Morgan fingerprint density at radius 2 is 1.67 bits per heavy atom. The molecule has 0 aliphatic rings. The monoisotopic (exact) mass is 258 g/mol. The molecule has 0 saturated heterocycles. The van der Waals surface area contributed by atoms with Crippen LogP contribution >= 0.6 is 0 Å². The van der Waals surface area contributed by atoms with Crippen molar-refractivity contribution >= 4 is 0 Å². The summed E-state index contributed by atoms with van der Waals surface area (Å²) in [4.78, 5) is 0. The molecule has 0 radical (unpaired) electrons. The number of rotatable bonds is 13. The lowest BCUT2D eigenvalue weighted by molar-refractivity contribution is 0.148. The fourth-order valence-electron chi connectivity index (χ4n) is 2.46. The van der Waals surface area contributed by atoms with Crippen LogP contribution in [0.3, 0.4) is 0 Å². The Labute approximate surface area is 114 Å². The molecule has 0 heterocycles. The van der Waals surface area contributed by atoms with Crippen LogP contribution in [0, 0.1) is 5.92 Å². The average molecular weight is 258 g/mol. The van der Waals surface area contributed by atoms with Gasteiger partial charge in [-0.15, -0.1) is 0 Å². The first-order chi connectivity index (χ1) is 8.74. The van der Waals surface area contributed by atoms with Crippen LogP contribution in [0.2, 0.25) is 0 Å². The topological polar surface area (TPSA) is 47.3 Å². The molecule has 0 amide bonds. The van der Waals surface area contributed by atoms with Gasteiger partial charge >= 0.3 is 0 Å². The van der Waals surface area contributed by atoms with Gasteiger partial charge < -0.3 is 4.74 Å². The summed E-state index contributed by atoms with van der Waals surface area (Å²) in [7, 11) is 1.76. The van der Waals surface area contributed by atoms with Crippen molar-refractivity contribution in [1.82, 2.24) is 5.43 Å². The highest BCUT2D eigenvalue weighted by molar-refractivity contribution is 4.67. The third-order valence-electron chi connectivity index (χ3n) is 3.53. The number of unbranched alkanes of at least 4 members (excludes halogenated alkanes) is 6. The summed E-state index contributed by atoms with van der Waals surface area (Å²) >= 11 is 0. The van der Waals surface area contributed by atoms with E-state index < -0.39 is 0 Å². The number of nitrogens with two attached hydrogens (primary N) is 1. The molecule has 110 valence electrons. The molecule has 0 aromatic heterocycles. The third kappa shape index (κ3) is 11.0. The molecule has 0 aromatic rings. The Morgan fingerprint density at radius 1 is 1.06 bits per heavy atom. The van der Waals surface area contributed by atoms with E-state index in [1.165, 1.54) is 51.4 Å². The van der Waals surface area contributed by atoms with Crippen molar-refractivity contribution in [3.63, 3.8) is 0 Å². The first-order valence-electron chi connectivity index (χ1n) is 7.69. The summed E-state index contributed by atoms with van der Waals surface area (Å²) in [6.07, 6.45) is 11.8. The average Bonchev–Trinajstić information content (AvgIpc) is 2.36. The molecule has 0 saturated carbocycles. The molecule has 0 aliphatic carbocycles. The van der Waals surface area contributed by atoms with Gasteiger partial charge in [-0.05, 0) is 18.8 Å². The largest absolute Gasteiger partial charge is 0.384 e. The molecule has 2 atom stereocenters. The molecular weight excluding hydrogens is 224 g/mol. The van der Waals surface area contributed by atoms with E-state index in [4.69, 9.17) is 10.6 Å². The predicted molar refractivity (Wildman–Crippen MR) is 79.4 cm³/mol. The number of hydrogen-bond donors (Lipinski definition) is 2. The van der Waals surface area contributed by atoms with E-state index in [0.717, 1.165) is 13.0 Å². The fraction of sp³-hybridized carbons (Fsp3) is 1.00. The Bertz CT molecular complexity index is 165. The maximum absolute atomic E-state index is 5.61. The van der Waals surface area contributed by atoms with Crippen LogP contribution in [0.1, 0.15) is 71.6 Å². The second-order valence-corrected chi connectivity index (χ2v) is 5.57. The molecule has 0 rings (SSSR count). The minimum Gasteiger partial charge on any atom is -0.384 e. The maximum Gasteiger partial charge on any atom is 0.0488 e. The van der Waals surface area contributed by atoms with E-state index >= 15 is 0 Å². The lowest BCUT2D eigenvalue weighted by atomic mass is 9.97. The molecule has 0 aromatic carbocycles. The van der Waals surface area contributed by atoms with Gasteiger partial charge in [0.05, 0.1) is 0 Å². The summed E-state index contributed by atoms with van der Waals surface area (Å²) in [6, 6.07) is 0.450. The molecule has 3 N–H and O–H groups in total. The number of hydrazine groups is 1. The van der Waals surface area contributed by atoms with Crippen LogP contribution in [0.15, 0.2) is 0 Å². The maximum atomic E-state index is 5.61. The number of methoxy groups -OCH3 is 1. The fourth-order valence-corrected chi connectivity index (χ4v) is 2.46. The first kappa shape index (κ1) is 17.9. The zero-order valence-corrected chi connectivity index (χ0v) is 12.7. The van der Waals surface area contributed by atoms with Crippen molar-refractivity contribution in [3.05, 3.63) is 0 Å². The quantitative estimate of drug-likeness (QED) is 0.301. The van der Waals surface area contributed by atoms with Crippen molar-refractivity contribution in [3.8, 4) is 0 Å². The normalized spacial score (nSPS) is 14.7. The smallest absolute Gasteiger partial charge is 0.0488 e. The number of hydrogen-bond acceptors (Lipinski definition) is 3. The summed E-state index contributed by atoms with van der Waals surface area (Å²) in [5.74, 6) is 6.19. The van der Waals surface area contributed by atoms with E-state index in [-0.39, 0.29) is 0 Å². The Morgan fingerprint density at radius 3 is 2.22 bits per heavy atom. The molecule has 0 spiro atoms. The highest BCUT2D eigenvalue weighted by Crippen LogP contribution is 2.14. The molecule has 2 unspecified atom stereocenters. The van der Waals surface area contributed by atoms with Gasteiger partial charge in [-0.1, -0.05) is 58.8 Å². The second kappa shape index (κ2) is 13.3. The first-order valence-corrected chi connectivity index (χ1v) is 7.69. The van der Waals surface area contributed by atoms with E-state index in [9.17, 15) is 0 Å².